The van der Waals surface area contributed by atoms with Crippen molar-refractivity contribution < 1.29 is 17.9 Å². The lowest BCUT2D eigenvalue weighted by molar-refractivity contribution is -0.133. The lowest BCUT2D eigenvalue weighted by Gasteiger charge is -2.36. The maximum Gasteiger partial charge on any atom is 0.260 e. The lowest BCUT2D eigenvalue weighted by Crippen LogP contribution is -2.50. The van der Waals surface area contributed by atoms with Crippen LogP contribution in [0.1, 0.15) is 0 Å². The van der Waals surface area contributed by atoms with Crippen LogP contribution in [0.15, 0.2) is 59.5 Å². The summed E-state index contributed by atoms with van der Waals surface area (Å²) >= 11 is 0. The van der Waals surface area contributed by atoms with E-state index in [4.69, 9.17) is 4.74 Å². The number of piperazine rings is 1. The highest BCUT2D eigenvalue weighted by molar-refractivity contribution is 7.89. The van der Waals surface area contributed by atoms with Crippen molar-refractivity contribution in [2.75, 3.05) is 51.8 Å². The number of ether oxygens (including phenoxy) is 1. The Labute approximate surface area is 166 Å². The Morgan fingerprint density at radius 3 is 2.14 bits per heavy atom. The second-order valence-corrected chi connectivity index (χ2v) is 8.90. The number of para-hydroxylation sites is 1. The first kappa shape index (κ1) is 20.2. The molecule has 28 heavy (non-hydrogen) atoms. The molecule has 2 aromatic rings. The van der Waals surface area contributed by atoms with Crippen LogP contribution in [0.4, 0.5) is 5.69 Å². The summed E-state index contributed by atoms with van der Waals surface area (Å²) in [7, 11) is -0.508. The van der Waals surface area contributed by atoms with E-state index in [2.05, 4.69) is 17.0 Å². The molecular weight excluding hydrogens is 378 g/mol. The van der Waals surface area contributed by atoms with Gasteiger partial charge in [0.1, 0.15) is 5.75 Å². The van der Waals surface area contributed by atoms with Crippen LogP contribution in [0.3, 0.4) is 0 Å². The van der Waals surface area contributed by atoms with Gasteiger partial charge in [-0.25, -0.2) is 12.7 Å². The number of hydrogen-bond donors (Lipinski definition) is 0. The molecule has 1 aliphatic heterocycles. The highest BCUT2D eigenvalue weighted by Crippen LogP contribution is 2.19. The van der Waals surface area contributed by atoms with E-state index in [1.165, 1.54) is 31.9 Å². The summed E-state index contributed by atoms with van der Waals surface area (Å²) in [4.78, 5) is 16.7. The number of carbonyl (C=O) groups is 1. The number of carbonyl (C=O) groups excluding carboxylic acids is 1. The molecule has 0 saturated carbocycles. The van der Waals surface area contributed by atoms with Crippen molar-refractivity contribution in [2.24, 2.45) is 0 Å². The van der Waals surface area contributed by atoms with Crippen LogP contribution in [-0.4, -0.2) is 70.4 Å². The number of benzene rings is 2. The van der Waals surface area contributed by atoms with E-state index in [0.29, 0.717) is 18.8 Å². The molecule has 1 fully saturated rings. The molecule has 2 aromatic carbocycles. The van der Waals surface area contributed by atoms with Crippen molar-refractivity contribution >= 4 is 21.6 Å². The Hall–Kier alpha value is -2.58. The molecule has 0 aliphatic carbocycles. The normalized spacial score (nSPS) is 15.0. The van der Waals surface area contributed by atoms with E-state index in [1.54, 1.807) is 17.0 Å². The first-order chi connectivity index (χ1) is 13.4. The summed E-state index contributed by atoms with van der Waals surface area (Å²) in [5, 5.41) is 0. The van der Waals surface area contributed by atoms with Crippen molar-refractivity contribution in [3.63, 3.8) is 0 Å². The molecule has 7 nitrogen and oxygen atoms in total. The third kappa shape index (κ3) is 4.63. The summed E-state index contributed by atoms with van der Waals surface area (Å²) in [5.41, 5.74) is 1.17. The Bertz CT molecular complexity index is 891. The number of rotatable bonds is 6. The van der Waals surface area contributed by atoms with Crippen LogP contribution in [0.25, 0.3) is 0 Å². The van der Waals surface area contributed by atoms with Gasteiger partial charge in [0, 0.05) is 46.0 Å². The fourth-order valence-electron chi connectivity index (χ4n) is 3.01. The highest BCUT2D eigenvalue weighted by atomic mass is 32.2. The zero-order valence-corrected chi connectivity index (χ0v) is 16.9. The van der Waals surface area contributed by atoms with E-state index < -0.39 is 10.0 Å². The van der Waals surface area contributed by atoms with Gasteiger partial charge in [0.05, 0.1) is 4.90 Å². The summed E-state index contributed by atoms with van der Waals surface area (Å²) < 4.78 is 30.8. The van der Waals surface area contributed by atoms with Crippen LogP contribution in [0.5, 0.6) is 5.75 Å². The predicted molar refractivity (Wildman–Crippen MR) is 108 cm³/mol. The van der Waals surface area contributed by atoms with E-state index in [0.717, 1.165) is 17.4 Å². The van der Waals surface area contributed by atoms with E-state index in [-0.39, 0.29) is 17.4 Å². The molecule has 1 amide bonds. The standard InChI is InChI=1S/C20H25N3O4S/c1-21(2)28(25,26)19-10-8-18(9-11-19)27-16-20(24)23-14-12-22(13-15-23)17-6-4-3-5-7-17/h3-11H,12-16H2,1-2H3. The second-order valence-electron chi connectivity index (χ2n) is 6.75. The first-order valence-electron chi connectivity index (χ1n) is 9.11. The maximum absolute atomic E-state index is 12.4. The summed E-state index contributed by atoms with van der Waals surface area (Å²) in [5.74, 6) is 0.395. The van der Waals surface area contributed by atoms with E-state index in [9.17, 15) is 13.2 Å². The zero-order valence-electron chi connectivity index (χ0n) is 16.1. The van der Waals surface area contributed by atoms with Crippen LogP contribution in [0, 0.1) is 0 Å². The van der Waals surface area contributed by atoms with Gasteiger partial charge in [0.25, 0.3) is 5.91 Å². The summed E-state index contributed by atoms with van der Waals surface area (Å²) in [6, 6.07) is 16.2. The molecule has 1 aliphatic rings. The monoisotopic (exact) mass is 403 g/mol. The molecule has 1 heterocycles. The Kier molecular flexibility index (Phi) is 6.21. The Morgan fingerprint density at radius 1 is 0.964 bits per heavy atom. The molecule has 0 radical (unpaired) electrons. The van der Waals surface area contributed by atoms with Gasteiger partial charge >= 0.3 is 0 Å². The minimum atomic E-state index is -3.47. The molecule has 8 heteroatoms. The molecule has 0 N–H and O–H groups in total. The van der Waals surface area contributed by atoms with Crippen molar-refractivity contribution in [3.05, 3.63) is 54.6 Å². The van der Waals surface area contributed by atoms with Gasteiger partial charge in [-0.05, 0) is 36.4 Å². The Morgan fingerprint density at radius 2 is 1.57 bits per heavy atom. The van der Waals surface area contributed by atoms with Crippen LogP contribution in [0.2, 0.25) is 0 Å². The predicted octanol–water partition coefficient (Wildman–Crippen LogP) is 1.66. The summed E-state index contributed by atoms with van der Waals surface area (Å²) in [6.45, 7) is 2.80. The smallest absolute Gasteiger partial charge is 0.260 e. The molecule has 0 spiro atoms. The Balaban J connectivity index is 1.50. The third-order valence-corrected chi connectivity index (χ3v) is 6.55. The van der Waals surface area contributed by atoms with E-state index in [1.807, 2.05) is 18.2 Å². The fraction of sp³-hybridized carbons (Fsp3) is 0.350. The van der Waals surface area contributed by atoms with Gasteiger partial charge in [-0.2, -0.15) is 0 Å². The number of amides is 1. The highest BCUT2D eigenvalue weighted by Gasteiger charge is 2.22. The summed E-state index contributed by atoms with van der Waals surface area (Å²) in [6.07, 6.45) is 0. The van der Waals surface area contributed by atoms with Gasteiger partial charge in [-0.15, -0.1) is 0 Å². The molecule has 0 bridgehead atoms. The largest absolute Gasteiger partial charge is 0.484 e. The third-order valence-electron chi connectivity index (χ3n) is 4.72. The molecule has 0 atom stereocenters. The van der Waals surface area contributed by atoms with Gasteiger partial charge in [0.15, 0.2) is 6.61 Å². The quantitative estimate of drug-likeness (QED) is 0.734. The number of sulfonamides is 1. The molecule has 1 saturated heterocycles. The number of anilines is 1. The first-order valence-corrected chi connectivity index (χ1v) is 10.5. The second kappa shape index (κ2) is 8.62. The van der Waals surface area contributed by atoms with Crippen LogP contribution < -0.4 is 9.64 Å². The minimum absolute atomic E-state index is 0.0644. The van der Waals surface area contributed by atoms with Crippen molar-refractivity contribution in [2.45, 2.75) is 4.90 Å². The topological polar surface area (TPSA) is 70.2 Å². The maximum atomic E-state index is 12.4. The lowest BCUT2D eigenvalue weighted by atomic mass is 10.2. The van der Waals surface area contributed by atoms with Gasteiger partial charge in [0.2, 0.25) is 10.0 Å². The molecule has 150 valence electrons. The van der Waals surface area contributed by atoms with Gasteiger partial charge < -0.3 is 14.5 Å². The molecule has 3 rings (SSSR count). The number of hydrogen-bond acceptors (Lipinski definition) is 5. The van der Waals surface area contributed by atoms with Crippen molar-refractivity contribution in [1.82, 2.24) is 9.21 Å². The molecule has 0 aromatic heterocycles. The SMILES string of the molecule is CN(C)S(=O)(=O)c1ccc(OCC(=O)N2CCN(c3ccccc3)CC2)cc1. The van der Waals surface area contributed by atoms with Crippen molar-refractivity contribution in [3.8, 4) is 5.75 Å². The average molecular weight is 404 g/mol. The van der Waals surface area contributed by atoms with Crippen molar-refractivity contribution in [1.29, 1.82) is 0 Å². The molecule has 0 unspecified atom stereocenters. The van der Waals surface area contributed by atoms with Crippen LogP contribution in [-0.2, 0) is 14.8 Å². The number of nitrogens with zero attached hydrogens (tertiary/aromatic N) is 3. The van der Waals surface area contributed by atoms with E-state index >= 15 is 0 Å². The minimum Gasteiger partial charge on any atom is -0.484 e. The molecular formula is C20H25N3O4S. The van der Waals surface area contributed by atoms with Crippen LogP contribution >= 0.6 is 0 Å². The zero-order chi connectivity index (χ0) is 20.1. The average Bonchev–Trinajstić information content (AvgIpc) is 2.73. The van der Waals surface area contributed by atoms with Gasteiger partial charge in [-0.1, -0.05) is 18.2 Å². The van der Waals surface area contributed by atoms with Gasteiger partial charge in [-0.3, -0.25) is 4.79 Å². The fourth-order valence-corrected chi connectivity index (χ4v) is 3.91.